The van der Waals surface area contributed by atoms with E-state index in [4.69, 9.17) is 0 Å². The number of benzene rings is 4. The molecule has 6 nitrogen and oxygen atoms in total. The van der Waals surface area contributed by atoms with Gasteiger partial charge in [-0.25, -0.2) is 0 Å². The Bertz CT molecular complexity index is 1880. The smallest absolute Gasteiger partial charge is 0.255 e. The van der Waals surface area contributed by atoms with Gasteiger partial charge in [0, 0.05) is 27.6 Å². The summed E-state index contributed by atoms with van der Waals surface area (Å²) >= 11 is 0. The van der Waals surface area contributed by atoms with Gasteiger partial charge in [0.25, 0.3) is 5.91 Å². The molecule has 0 atom stereocenters. The van der Waals surface area contributed by atoms with Crippen LogP contribution < -0.4 is 5.32 Å². The third-order valence-electron chi connectivity index (χ3n) is 7.04. The van der Waals surface area contributed by atoms with Crippen LogP contribution in [-0.2, 0) is 5.41 Å². The lowest BCUT2D eigenvalue weighted by molar-refractivity contribution is 0.102. The first kappa shape index (κ1) is 24.1. The molecule has 0 aliphatic heterocycles. The molecule has 0 spiro atoms. The number of aromatic amines is 1. The average Bonchev–Trinajstić information content (AvgIpc) is 3.42. The fraction of sp³-hybridized carbons (Fsp3) is 0.0909. The van der Waals surface area contributed by atoms with Crippen LogP contribution in [0.1, 0.15) is 29.8 Å². The maximum atomic E-state index is 12.7. The van der Waals surface area contributed by atoms with Gasteiger partial charge in [-0.3, -0.25) is 14.9 Å². The molecule has 0 aliphatic carbocycles. The first-order valence-electron chi connectivity index (χ1n) is 12.7. The van der Waals surface area contributed by atoms with Crippen molar-refractivity contribution >= 4 is 33.4 Å². The number of aromatic nitrogens is 3. The van der Waals surface area contributed by atoms with Gasteiger partial charge in [-0.15, -0.1) is 0 Å². The minimum absolute atomic E-state index is 0.149. The Labute approximate surface area is 226 Å². The molecule has 6 aromatic rings. The summed E-state index contributed by atoms with van der Waals surface area (Å²) in [6, 6.07) is 33.5. The van der Waals surface area contributed by atoms with E-state index in [0.717, 1.165) is 55.4 Å². The molecule has 2 N–H and O–H groups in total. The van der Waals surface area contributed by atoms with E-state index in [1.807, 2.05) is 92.7 Å². The summed E-state index contributed by atoms with van der Waals surface area (Å²) in [6.45, 7) is 3.82. The number of nitrogens with one attached hydrogen (secondary N) is 2. The lowest BCUT2D eigenvalue weighted by atomic mass is 9.86. The van der Waals surface area contributed by atoms with Crippen molar-refractivity contribution in [3.8, 4) is 28.5 Å². The number of carbonyl (C=O) groups excluding carboxylic acids is 1. The van der Waals surface area contributed by atoms with E-state index in [1.165, 1.54) is 0 Å². The van der Waals surface area contributed by atoms with Crippen LogP contribution in [0.15, 0.2) is 103 Å². The Hall–Kier alpha value is -5.28. The van der Waals surface area contributed by atoms with Crippen LogP contribution in [0.2, 0.25) is 0 Å². The predicted octanol–water partition coefficient (Wildman–Crippen LogP) is 7.50. The molecular weight excluding hydrogens is 482 g/mol. The number of anilines is 1. The number of fused-ring (bicyclic) bond motifs is 3. The summed E-state index contributed by atoms with van der Waals surface area (Å²) in [6.07, 6.45) is 1.81. The highest BCUT2D eigenvalue weighted by molar-refractivity contribution is 6.12. The number of nitrogens with zero attached hydrogens (tertiary/aromatic N) is 3. The number of nitriles is 1. The molecule has 0 saturated heterocycles. The summed E-state index contributed by atoms with van der Waals surface area (Å²) in [5.41, 5.74) is 7.22. The molecule has 6 rings (SSSR count). The minimum Gasteiger partial charge on any atom is -0.322 e. The molecule has 0 radical (unpaired) electrons. The van der Waals surface area contributed by atoms with Gasteiger partial charge in [0.05, 0.1) is 28.7 Å². The van der Waals surface area contributed by atoms with Crippen LogP contribution in [0, 0.1) is 11.3 Å². The van der Waals surface area contributed by atoms with E-state index in [2.05, 4.69) is 32.6 Å². The van der Waals surface area contributed by atoms with Crippen molar-refractivity contribution in [2.75, 3.05) is 5.32 Å². The van der Waals surface area contributed by atoms with E-state index < -0.39 is 5.41 Å². The van der Waals surface area contributed by atoms with Crippen molar-refractivity contribution in [3.05, 3.63) is 114 Å². The van der Waals surface area contributed by atoms with Crippen molar-refractivity contribution in [1.29, 1.82) is 5.26 Å². The lowest BCUT2D eigenvalue weighted by Crippen LogP contribution is -2.13. The van der Waals surface area contributed by atoms with Crippen LogP contribution in [0.5, 0.6) is 0 Å². The molecule has 0 aliphatic rings. The zero-order chi connectivity index (χ0) is 27.0. The molecule has 6 heteroatoms. The molecule has 4 aromatic carbocycles. The molecule has 188 valence electrons. The maximum Gasteiger partial charge on any atom is 0.255 e. The zero-order valence-electron chi connectivity index (χ0n) is 21.6. The molecule has 2 heterocycles. The number of carbonyl (C=O) groups is 1. The monoisotopic (exact) mass is 507 g/mol. The fourth-order valence-electron chi connectivity index (χ4n) is 4.77. The van der Waals surface area contributed by atoms with Crippen LogP contribution in [0.25, 0.3) is 44.2 Å². The van der Waals surface area contributed by atoms with Crippen LogP contribution in [-0.4, -0.2) is 21.1 Å². The topological polar surface area (TPSA) is 94.5 Å². The first-order chi connectivity index (χ1) is 18.9. The van der Waals surface area contributed by atoms with E-state index in [0.29, 0.717) is 5.56 Å². The van der Waals surface area contributed by atoms with Gasteiger partial charge >= 0.3 is 0 Å². The Kier molecular flexibility index (Phi) is 5.90. The van der Waals surface area contributed by atoms with Crippen LogP contribution in [0.3, 0.4) is 0 Å². The van der Waals surface area contributed by atoms with Gasteiger partial charge < -0.3 is 5.32 Å². The minimum atomic E-state index is -0.563. The van der Waals surface area contributed by atoms with E-state index >= 15 is 0 Å². The highest BCUT2D eigenvalue weighted by Crippen LogP contribution is 2.35. The summed E-state index contributed by atoms with van der Waals surface area (Å²) in [5.74, 6) is -0.149. The molecule has 39 heavy (non-hydrogen) atoms. The van der Waals surface area contributed by atoms with E-state index in [9.17, 15) is 10.1 Å². The highest BCUT2D eigenvalue weighted by atomic mass is 16.1. The summed E-state index contributed by atoms with van der Waals surface area (Å²) in [7, 11) is 0. The second-order valence-corrected chi connectivity index (χ2v) is 10.1. The van der Waals surface area contributed by atoms with Crippen molar-refractivity contribution in [2.45, 2.75) is 19.3 Å². The maximum absolute atomic E-state index is 12.7. The molecule has 0 fully saturated rings. The van der Waals surface area contributed by atoms with Crippen molar-refractivity contribution in [2.24, 2.45) is 0 Å². The largest absolute Gasteiger partial charge is 0.322 e. The Morgan fingerprint density at radius 2 is 1.62 bits per heavy atom. The molecule has 0 saturated carbocycles. The Morgan fingerprint density at radius 3 is 2.38 bits per heavy atom. The number of amides is 1. The Morgan fingerprint density at radius 1 is 0.872 bits per heavy atom. The lowest BCUT2D eigenvalue weighted by Gasteiger charge is -2.15. The van der Waals surface area contributed by atoms with Crippen molar-refractivity contribution in [1.82, 2.24) is 15.2 Å². The average molecular weight is 508 g/mol. The van der Waals surface area contributed by atoms with E-state index in [1.54, 1.807) is 18.3 Å². The second-order valence-electron chi connectivity index (χ2n) is 10.1. The molecule has 1 amide bonds. The summed E-state index contributed by atoms with van der Waals surface area (Å²) in [4.78, 5) is 17.3. The second kappa shape index (κ2) is 9.55. The SMILES string of the molecule is CC(C)(C#N)c1ccc(-c2n[nH]c3cnc4ccc(-c5cccc(NC(=O)c6ccccc6)c5)cc4c23)cc1. The molecule has 0 bridgehead atoms. The third kappa shape index (κ3) is 4.51. The van der Waals surface area contributed by atoms with E-state index in [-0.39, 0.29) is 5.91 Å². The number of hydrogen-bond acceptors (Lipinski definition) is 4. The fourth-order valence-corrected chi connectivity index (χ4v) is 4.77. The zero-order valence-corrected chi connectivity index (χ0v) is 21.6. The van der Waals surface area contributed by atoms with Gasteiger partial charge in [0.15, 0.2) is 0 Å². The van der Waals surface area contributed by atoms with Gasteiger partial charge in [0.1, 0.15) is 5.69 Å². The highest BCUT2D eigenvalue weighted by Gasteiger charge is 2.20. The quantitative estimate of drug-likeness (QED) is 0.253. The normalized spacial score (nSPS) is 11.4. The number of H-pyrrole nitrogens is 1. The standard InChI is InChI=1S/C33H25N5O/c1-33(2,20-34)25-14-11-21(12-15-25)31-30-27-18-24(13-16-28(27)35-19-29(30)37-38-31)23-9-6-10-26(17-23)36-32(39)22-7-4-3-5-8-22/h3-19H,1-2H3,(H,36,39)(H,37,38). The van der Waals surface area contributed by atoms with Crippen molar-refractivity contribution in [3.63, 3.8) is 0 Å². The summed E-state index contributed by atoms with van der Waals surface area (Å²) < 4.78 is 0. The van der Waals surface area contributed by atoms with Crippen molar-refractivity contribution < 1.29 is 4.79 Å². The van der Waals surface area contributed by atoms with Crippen LogP contribution in [0.4, 0.5) is 5.69 Å². The van der Waals surface area contributed by atoms with Gasteiger partial charge in [-0.05, 0) is 66.9 Å². The first-order valence-corrected chi connectivity index (χ1v) is 12.7. The number of pyridine rings is 1. The predicted molar refractivity (Wildman–Crippen MR) is 155 cm³/mol. The molecule has 0 unspecified atom stereocenters. The van der Waals surface area contributed by atoms with Gasteiger partial charge in [0.2, 0.25) is 0 Å². The Balaban J connectivity index is 1.40. The molecular formula is C33H25N5O. The van der Waals surface area contributed by atoms with Gasteiger partial charge in [-0.1, -0.05) is 60.7 Å². The summed E-state index contributed by atoms with van der Waals surface area (Å²) in [5, 5.41) is 22.2. The number of hydrogen-bond donors (Lipinski definition) is 2. The molecule has 2 aromatic heterocycles. The van der Waals surface area contributed by atoms with Crippen LogP contribution >= 0.6 is 0 Å². The third-order valence-corrected chi connectivity index (χ3v) is 7.04. The van der Waals surface area contributed by atoms with Gasteiger partial charge in [-0.2, -0.15) is 10.4 Å². The number of rotatable bonds is 5.